The Morgan fingerprint density at radius 3 is 2.75 bits per heavy atom. The molecule has 2 aromatic rings. The fourth-order valence-corrected chi connectivity index (χ4v) is 1.75. The van der Waals surface area contributed by atoms with Gasteiger partial charge in [-0.15, -0.1) is 5.10 Å². The van der Waals surface area contributed by atoms with Crippen LogP contribution >= 0.6 is 22.6 Å². The van der Waals surface area contributed by atoms with Gasteiger partial charge in [0, 0.05) is 3.57 Å². The van der Waals surface area contributed by atoms with Crippen molar-refractivity contribution in [3.05, 3.63) is 45.8 Å². The maximum atomic E-state index is 11.8. The van der Waals surface area contributed by atoms with Crippen LogP contribution < -0.4 is 5.32 Å². The first-order valence-corrected chi connectivity index (χ1v) is 5.55. The Bertz CT molecular complexity index is 503. The maximum Gasteiger partial charge on any atom is 0.259 e. The van der Waals surface area contributed by atoms with E-state index in [1.165, 1.54) is 12.4 Å². The van der Waals surface area contributed by atoms with Gasteiger partial charge < -0.3 is 0 Å². The number of aromatic nitrogens is 3. The number of anilines is 1. The van der Waals surface area contributed by atoms with Gasteiger partial charge in [0.1, 0.15) is 0 Å². The summed E-state index contributed by atoms with van der Waals surface area (Å²) < 4.78 is 0.876. The number of halogens is 1. The van der Waals surface area contributed by atoms with Gasteiger partial charge in [-0.05, 0) is 34.7 Å². The van der Waals surface area contributed by atoms with E-state index in [1.807, 2.05) is 12.1 Å². The van der Waals surface area contributed by atoms with E-state index in [9.17, 15) is 4.79 Å². The van der Waals surface area contributed by atoms with Gasteiger partial charge in [0.2, 0.25) is 5.95 Å². The average Bonchev–Trinajstić information content (AvgIpc) is 2.31. The first kappa shape index (κ1) is 10.9. The Morgan fingerprint density at radius 2 is 2.06 bits per heavy atom. The topological polar surface area (TPSA) is 67.8 Å². The Morgan fingerprint density at radius 1 is 1.25 bits per heavy atom. The van der Waals surface area contributed by atoms with Gasteiger partial charge in [-0.2, -0.15) is 5.10 Å². The number of nitrogens with one attached hydrogen (secondary N) is 1. The van der Waals surface area contributed by atoms with Gasteiger partial charge in [-0.3, -0.25) is 10.1 Å². The summed E-state index contributed by atoms with van der Waals surface area (Å²) in [5, 5.41) is 9.87. The lowest BCUT2D eigenvalue weighted by molar-refractivity contribution is 0.102. The van der Waals surface area contributed by atoms with Gasteiger partial charge in [-0.25, -0.2) is 4.98 Å². The van der Waals surface area contributed by atoms with Crippen LogP contribution in [-0.4, -0.2) is 21.1 Å². The minimum absolute atomic E-state index is 0.201. The normalized spacial score (nSPS) is 9.81. The molecule has 0 fully saturated rings. The van der Waals surface area contributed by atoms with Gasteiger partial charge in [0.15, 0.2) is 0 Å². The van der Waals surface area contributed by atoms with Crippen LogP contribution in [0.5, 0.6) is 0 Å². The molecule has 0 saturated carbocycles. The predicted molar refractivity (Wildman–Crippen MR) is 66.9 cm³/mol. The van der Waals surface area contributed by atoms with E-state index >= 15 is 0 Å². The molecule has 0 unspecified atom stereocenters. The summed E-state index contributed by atoms with van der Waals surface area (Å²) in [6.07, 6.45) is 2.92. The highest BCUT2D eigenvalue weighted by atomic mass is 127. The van der Waals surface area contributed by atoms with Crippen LogP contribution in [0.2, 0.25) is 0 Å². The predicted octanol–water partition coefficient (Wildman–Crippen LogP) is 1.73. The summed E-state index contributed by atoms with van der Waals surface area (Å²) in [5.74, 6) is -0.0369. The molecule has 1 aromatic heterocycles. The third kappa shape index (κ3) is 2.51. The molecule has 0 spiro atoms. The Kier molecular flexibility index (Phi) is 3.40. The van der Waals surface area contributed by atoms with E-state index in [0.29, 0.717) is 5.56 Å². The summed E-state index contributed by atoms with van der Waals surface area (Å²) in [7, 11) is 0. The van der Waals surface area contributed by atoms with Gasteiger partial charge in [0.25, 0.3) is 5.91 Å². The highest BCUT2D eigenvalue weighted by Crippen LogP contribution is 2.12. The summed E-state index contributed by atoms with van der Waals surface area (Å²) in [6, 6.07) is 7.29. The maximum absolute atomic E-state index is 11.8. The molecule has 0 atom stereocenters. The van der Waals surface area contributed by atoms with E-state index in [4.69, 9.17) is 0 Å². The van der Waals surface area contributed by atoms with Crippen LogP contribution in [0, 0.1) is 3.57 Å². The monoisotopic (exact) mass is 326 g/mol. The number of benzene rings is 1. The standard InChI is InChI=1S/C10H7IN4O/c11-8-4-2-1-3-7(8)9(16)14-10-12-5-6-13-15-10/h1-6H,(H,12,14,15,16). The van der Waals surface area contributed by atoms with E-state index in [0.717, 1.165) is 3.57 Å². The second-order valence-corrected chi connectivity index (χ2v) is 4.06. The van der Waals surface area contributed by atoms with Crippen LogP contribution in [0.1, 0.15) is 10.4 Å². The molecule has 1 N–H and O–H groups in total. The molecule has 0 aliphatic carbocycles. The van der Waals surface area contributed by atoms with Crippen molar-refractivity contribution in [2.75, 3.05) is 5.32 Å². The molecular formula is C10H7IN4O. The molecule has 6 heteroatoms. The van der Waals surface area contributed by atoms with Gasteiger partial charge in [-0.1, -0.05) is 12.1 Å². The molecule has 2 rings (SSSR count). The lowest BCUT2D eigenvalue weighted by Crippen LogP contribution is -2.15. The second kappa shape index (κ2) is 4.97. The molecule has 1 aromatic carbocycles. The second-order valence-electron chi connectivity index (χ2n) is 2.90. The zero-order chi connectivity index (χ0) is 11.4. The summed E-state index contributed by atoms with van der Waals surface area (Å²) in [6.45, 7) is 0. The Labute approximate surface area is 105 Å². The molecule has 0 bridgehead atoms. The number of carbonyl (C=O) groups is 1. The highest BCUT2D eigenvalue weighted by molar-refractivity contribution is 14.1. The van der Waals surface area contributed by atoms with Crippen molar-refractivity contribution in [3.63, 3.8) is 0 Å². The lowest BCUT2D eigenvalue weighted by Gasteiger charge is -2.03. The molecule has 80 valence electrons. The Hall–Kier alpha value is -1.57. The number of hydrogen-bond acceptors (Lipinski definition) is 4. The molecule has 5 nitrogen and oxygen atoms in total. The zero-order valence-corrected chi connectivity index (χ0v) is 10.2. The molecule has 0 aliphatic rings. The van der Waals surface area contributed by atoms with Crippen molar-refractivity contribution >= 4 is 34.4 Å². The van der Waals surface area contributed by atoms with E-state index in [2.05, 4.69) is 43.1 Å². The minimum Gasteiger partial charge on any atom is -0.289 e. The summed E-state index contributed by atoms with van der Waals surface area (Å²) in [4.78, 5) is 15.7. The van der Waals surface area contributed by atoms with Crippen molar-refractivity contribution in [1.82, 2.24) is 15.2 Å². The molecule has 0 saturated heterocycles. The van der Waals surface area contributed by atoms with Crippen LogP contribution in [0.3, 0.4) is 0 Å². The van der Waals surface area contributed by atoms with Crippen molar-refractivity contribution in [3.8, 4) is 0 Å². The van der Waals surface area contributed by atoms with Crippen LogP contribution in [0.25, 0.3) is 0 Å². The SMILES string of the molecule is O=C(Nc1nccnn1)c1ccccc1I. The molecule has 1 amide bonds. The number of nitrogens with zero attached hydrogens (tertiary/aromatic N) is 3. The minimum atomic E-state index is -0.238. The van der Waals surface area contributed by atoms with Crippen LogP contribution in [0.15, 0.2) is 36.7 Å². The number of amides is 1. The van der Waals surface area contributed by atoms with Crippen LogP contribution in [0.4, 0.5) is 5.95 Å². The number of hydrogen-bond donors (Lipinski definition) is 1. The lowest BCUT2D eigenvalue weighted by atomic mass is 10.2. The zero-order valence-electron chi connectivity index (χ0n) is 8.09. The number of carbonyl (C=O) groups excluding carboxylic acids is 1. The molecule has 0 aliphatic heterocycles. The molecule has 16 heavy (non-hydrogen) atoms. The summed E-state index contributed by atoms with van der Waals surface area (Å²) >= 11 is 2.10. The van der Waals surface area contributed by atoms with Crippen molar-refractivity contribution in [2.24, 2.45) is 0 Å². The van der Waals surface area contributed by atoms with E-state index < -0.39 is 0 Å². The Balaban J connectivity index is 2.19. The molecule has 0 radical (unpaired) electrons. The summed E-state index contributed by atoms with van der Waals surface area (Å²) in [5.41, 5.74) is 0.593. The highest BCUT2D eigenvalue weighted by Gasteiger charge is 2.10. The molecular weight excluding hydrogens is 319 g/mol. The van der Waals surface area contributed by atoms with Crippen molar-refractivity contribution in [2.45, 2.75) is 0 Å². The fraction of sp³-hybridized carbons (Fsp3) is 0. The van der Waals surface area contributed by atoms with Gasteiger partial charge in [0.05, 0.1) is 18.0 Å². The first-order valence-electron chi connectivity index (χ1n) is 4.47. The largest absolute Gasteiger partial charge is 0.289 e. The average molecular weight is 326 g/mol. The third-order valence-electron chi connectivity index (χ3n) is 1.83. The third-order valence-corrected chi connectivity index (χ3v) is 2.77. The number of rotatable bonds is 2. The fourth-order valence-electron chi connectivity index (χ4n) is 1.12. The van der Waals surface area contributed by atoms with E-state index in [1.54, 1.807) is 12.1 Å². The van der Waals surface area contributed by atoms with Crippen molar-refractivity contribution < 1.29 is 4.79 Å². The van der Waals surface area contributed by atoms with Gasteiger partial charge >= 0.3 is 0 Å². The molecule has 1 heterocycles. The quantitative estimate of drug-likeness (QED) is 0.854. The first-order chi connectivity index (χ1) is 7.77. The smallest absolute Gasteiger partial charge is 0.259 e. The van der Waals surface area contributed by atoms with Crippen molar-refractivity contribution in [1.29, 1.82) is 0 Å². The van der Waals surface area contributed by atoms with E-state index in [-0.39, 0.29) is 11.9 Å². The van der Waals surface area contributed by atoms with Crippen LogP contribution in [-0.2, 0) is 0 Å².